The molecule has 2 aliphatic heterocycles. The van der Waals surface area contributed by atoms with Gasteiger partial charge in [-0.05, 0) is 28.5 Å². The van der Waals surface area contributed by atoms with Gasteiger partial charge in [-0.2, -0.15) is 26.3 Å². The van der Waals surface area contributed by atoms with Crippen LogP contribution in [0.2, 0.25) is 0 Å². The highest BCUT2D eigenvalue weighted by Crippen LogP contribution is 2.39. The molecular weight excluding hydrogens is 416 g/mol. The van der Waals surface area contributed by atoms with Gasteiger partial charge in [-0.1, -0.05) is 11.2 Å². The number of oxime groups is 1. The van der Waals surface area contributed by atoms with Crippen molar-refractivity contribution in [1.29, 1.82) is 0 Å². The molecule has 2 aliphatic rings. The van der Waals surface area contributed by atoms with E-state index in [1.54, 1.807) is 0 Å². The number of epoxide rings is 1. The summed E-state index contributed by atoms with van der Waals surface area (Å²) < 4.78 is 86.1. The Labute approximate surface area is 155 Å². The Kier molecular flexibility index (Phi) is 4.14. The topological polar surface area (TPSA) is 105 Å². The average molecular weight is 423 g/mol. The standard InChI is InChI=1S/C14H7F6N5O4/c15-13(16,17)5-2-1-3-6(4-5)25-9(24-28-11-10(25)27-11)7-8(23-29-22-7)21-12(26)14(18,19)20/h1-4,10-11H,(H,21,23,26). The van der Waals surface area contributed by atoms with Gasteiger partial charge in [-0.25, -0.2) is 4.63 Å². The molecule has 0 spiro atoms. The fraction of sp³-hybridized carbons (Fsp3) is 0.286. The van der Waals surface area contributed by atoms with Crippen LogP contribution in [0.3, 0.4) is 0 Å². The van der Waals surface area contributed by atoms with Crippen LogP contribution in [0.5, 0.6) is 0 Å². The molecule has 2 atom stereocenters. The molecule has 1 amide bonds. The molecule has 1 fully saturated rings. The van der Waals surface area contributed by atoms with Gasteiger partial charge in [0.1, 0.15) is 0 Å². The number of carbonyl (C=O) groups excluding carboxylic acids is 1. The second-order valence-corrected chi connectivity index (χ2v) is 5.75. The fourth-order valence-corrected chi connectivity index (χ4v) is 2.47. The van der Waals surface area contributed by atoms with Crippen molar-refractivity contribution in [2.75, 3.05) is 10.2 Å². The highest BCUT2D eigenvalue weighted by Gasteiger charge is 2.53. The molecule has 1 saturated heterocycles. The number of fused-ring (bicyclic) bond motifs is 1. The molecule has 3 heterocycles. The van der Waals surface area contributed by atoms with Crippen molar-refractivity contribution in [3.63, 3.8) is 0 Å². The molecule has 2 aromatic rings. The Bertz CT molecular complexity index is 987. The first-order valence-electron chi connectivity index (χ1n) is 7.62. The van der Waals surface area contributed by atoms with E-state index in [1.807, 2.05) is 0 Å². The number of hydrogen-bond acceptors (Lipinski definition) is 8. The third-order valence-electron chi connectivity index (χ3n) is 3.80. The molecule has 0 radical (unpaired) electrons. The molecule has 1 N–H and O–H groups in total. The zero-order chi connectivity index (χ0) is 21.0. The number of rotatable bonds is 3. The number of amides is 1. The lowest BCUT2D eigenvalue weighted by atomic mass is 10.1. The number of halogens is 6. The van der Waals surface area contributed by atoms with Crippen LogP contribution in [-0.2, 0) is 20.5 Å². The zero-order valence-electron chi connectivity index (χ0n) is 13.7. The fourth-order valence-electron chi connectivity index (χ4n) is 2.47. The maximum absolute atomic E-state index is 13.0. The summed E-state index contributed by atoms with van der Waals surface area (Å²) >= 11 is 0. The lowest BCUT2D eigenvalue weighted by Gasteiger charge is -2.25. The minimum Gasteiger partial charge on any atom is -0.356 e. The number of carbonyl (C=O) groups is 1. The van der Waals surface area contributed by atoms with Crippen LogP contribution >= 0.6 is 0 Å². The van der Waals surface area contributed by atoms with E-state index < -0.39 is 47.9 Å². The number of alkyl halides is 6. The lowest BCUT2D eigenvalue weighted by molar-refractivity contribution is -0.167. The lowest BCUT2D eigenvalue weighted by Crippen LogP contribution is -2.40. The predicted molar refractivity (Wildman–Crippen MR) is 79.2 cm³/mol. The first kappa shape index (κ1) is 19.0. The van der Waals surface area contributed by atoms with Gasteiger partial charge in [-0.15, -0.1) is 0 Å². The molecule has 154 valence electrons. The summed E-state index contributed by atoms with van der Waals surface area (Å²) in [6.45, 7) is 0. The second kappa shape index (κ2) is 6.33. The van der Waals surface area contributed by atoms with E-state index in [1.165, 1.54) is 11.4 Å². The molecular formula is C14H7F6N5O4. The first-order valence-corrected chi connectivity index (χ1v) is 7.62. The van der Waals surface area contributed by atoms with Crippen LogP contribution in [-0.4, -0.2) is 40.8 Å². The largest absolute Gasteiger partial charge is 0.471 e. The van der Waals surface area contributed by atoms with Gasteiger partial charge in [0.2, 0.25) is 17.9 Å². The molecule has 1 aromatic carbocycles. The summed E-state index contributed by atoms with van der Waals surface area (Å²) in [6, 6.07) is 4.02. The maximum atomic E-state index is 13.0. The van der Waals surface area contributed by atoms with Gasteiger partial charge >= 0.3 is 18.3 Å². The quantitative estimate of drug-likeness (QED) is 0.597. The van der Waals surface area contributed by atoms with E-state index in [0.29, 0.717) is 0 Å². The van der Waals surface area contributed by atoms with Crippen LogP contribution in [0.25, 0.3) is 0 Å². The third kappa shape index (κ3) is 3.55. The number of amidine groups is 1. The van der Waals surface area contributed by atoms with E-state index in [4.69, 9.17) is 9.57 Å². The Morgan fingerprint density at radius 1 is 1.14 bits per heavy atom. The number of benzene rings is 1. The molecule has 29 heavy (non-hydrogen) atoms. The van der Waals surface area contributed by atoms with Gasteiger partial charge < -0.3 is 9.57 Å². The highest BCUT2D eigenvalue weighted by molar-refractivity contribution is 6.13. The average Bonchev–Trinajstić information content (AvgIpc) is 3.29. The van der Waals surface area contributed by atoms with Crippen LogP contribution in [0.15, 0.2) is 34.1 Å². The summed E-state index contributed by atoms with van der Waals surface area (Å²) in [4.78, 5) is 17.2. The number of hydrogen-bond donors (Lipinski definition) is 1. The Hall–Kier alpha value is -3.36. The third-order valence-corrected chi connectivity index (χ3v) is 3.80. The van der Waals surface area contributed by atoms with Crippen molar-refractivity contribution < 1.29 is 45.3 Å². The summed E-state index contributed by atoms with van der Waals surface area (Å²) in [5, 5.41) is 11.6. The van der Waals surface area contributed by atoms with Crippen LogP contribution in [0, 0.1) is 0 Å². The number of aromatic nitrogens is 2. The summed E-state index contributed by atoms with van der Waals surface area (Å²) in [5.41, 5.74) is -1.55. The van der Waals surface area contributed by atoms with E-state index in [-0.39, 0.29) is 11.5 Å². The summed E-state index contributed by atoms with van der Waals surface area (Å²) in [6.07, 6.45) is -11.7. The van der Waals surface area contributed by atoms with E-state index in [9.17, 15) is 31.1 Å². The van der Waals surface area contributed by atoms with Crippen molar-refractivity contribution >= 4 is 23.2 Å². The van der Waals surface area contributed by atoms with Gasteiger partial charge in [0, 0.05) is 5.69 Å². The number of nitrogens with one attached hydrogen (secondary N) is 1. The van der Waals surface area contributed by atoms with Gasteiger partial charge in [0.05, 0.1) is 5.56 Å². The zero-order valence-corrected chi connectivity index (χ0v) is 13.7. The van der Waals surface area contributed by atoms with Crippen LogP contribution in [0.4, 0.5) is 37.8 Å². The molecule has 2 unspecified atom stereocenters. The normalized spacial score (nSPS) is 21.2. The Morgan fingerprint density at radius 3 is 2.59 bits per heavy atom. The molecule has 0 saturated carbocycles. The Morgan fingerprint density at radius 2 is 1.90 bits per heavy atom. The van der Waals surface area contributed by atoms with Crippen molar-refractivity contribution in [3.8, 4) is 0 Å². The monoisotopic (exact) mass is 423 g/mol. The molecule has 0 aliphatic carbocycles. The maximum Gasteiger partial charge on any atom is 0.471 e. The van der Waals surface area contributed by atoms with Crippen molar-refractivity contribution in [2.45, 2.75) is 24.9 Å². The molecule has 9 nitrogen and oxygen atoms in total. The second-order valence-electron chi connectivity index (χ2n) is 5.75. The first-order chi connectivity index (χ1) is 13.6. The smallest absolute Gasteiger partial charge is 0.356 e. The van der Waals surface area contributed by atoms with Crippen molar-refractivity contribution in [2.24, 2.45) is 5.16 Å². The number of anilines is 2. The molecule has 15 heteroatoms. The molecule has 4 rings (SSSR count). The predicted octanol–water partition coefficient (Wildman–Crippen LogP) is 2.47. The molecule has 0 bridgehead atoms. The number of ether oxygens (including phenoxy) is 1. The molecule has 1 aromatic heterocycles. The van der Waals surface area contributed by atoms with Crippen molar-refractivity contribution in [3.05, 3.63) is 35.5 Å². The summed E-state index contributed by atoms with van der Waals surface area (Å²) in [5.74, 6) is -3.49. The van der Waals surface area contributed by atoms with Gasteiger partial charge in [0.15, 0.2) is 5.69 Å². The minimum atomic E-state index is -5.23. The van der Waals surface area contributed by atoms with Crippen molar-refractivity contribution in [1.82, 2.24) is 10.3 Å². The highest BCUT2D eigenvalue weighted by atomic mass is 19.4. The van der Waals surface area contributed by atoms with Crippen LogP contribution in [0.1, 0.15) is 11.3 Å². The van der Waals surface area contributed by atoms with E-state index >= 15 is 0 Å². The number of nitrogens with zero attached hydrogens (tertiary/aromatic N) is 4. The Balaban J connectivity index is 1.71. The van der Waals surface area contributed by atoms with Crippen LogP contribution < -0.4 is 10.2 Å². The van der Waals surface area contributed by atoms with E-state index in [0.717, 1.165) is 23.1 Å². The van der Waals surface area contributed by atoms with Gasteiger partial charge in [0.25, 0.3) is 6.29 Å². The summed E-state index contributed by atoms with van der Waals surface area (Å²) in [7, 11) is 0. The van der Waals surface area contributed by atoms with Gasteiger partial charge in [-0.3, -0.25) is 15.0 Å². The minimum absolute atomic E-state index is 0.0644. The SMILES string of the molecule is O=C(Nc1nonc1C1=NOC2OC2N1c1cccc(C(F)(F)F)c1)C(F)(F)F. The van der Waals surface area contributed by atoms with E-state index in [2.05, 4.69) is 20.1 Å².